The zero-order chi connectivity index (χ0) is 34.0. The van der Waals surface area contributed by atoms with Gasteiger partial charge in [0.05, 0.1) is 23.0 Å². The molecule has 0 aromatic heterocycles. The first-order chi connectivity index (χ1) is 21.5. The third kappa shape index (κ3) is 6.71. The van der Waals surface area contributed by atoms with Gasteiger partial charge in [0, 0.05) is 41.1 Å². The Labute approximate surface area is 267 Å². The highest BCUT2D eigenvalue weighted by atomic mass is 16.4. The molecule has 0 saturated heterocycles. The summed E-state index contributed by atoms with van der Waals surface area (Å²) in [6.07, 6.45) is 11.3. The van der Waals surface area contributed by atoms with Crippen LogP contribution in [-0.4, -0.2) is 67.7 Å². The van der Waals surface area contributed by atoms with Crippen LogP contribution in [0.25, 0.3) is 0 Å². The molecule has 0 bridgehead atoms. The summed E-state index contributed by atoms with van der Waals surface area (Å²) in [6, 6.07) is 9.80. The fourth-order valence-electron chi connectivity index (χ4n) is 6.15. The summed E-state index contributed by atoms with van der Waals surface area (Å²) in [5.74, 6) is -3.91. The van der Waals surface area contributed by atoms with Gasteiger partial charge in [-0.25, -0.2) is 9.59 Å². The zero-order valence-electron chi connectivity index (χ0n) is 26.6. The SMILES string of the molecule is CC(/C=C/C=C1/N(CCC(=O)O)c2ccc(C(=O)O)cc2C1(C)C)=C\C=C\C1=[N+](CCC(=O)O)c2ccc(C(=O)O)cc2C1(C)C. The number of nitrogens with zero attached hydrogens (tertiary/aromatic N) is 2. The zero-order valence-corrected chi connectivity index (χ0v) is 26.6. The van der Waals surface area contributed by atoms with Gasteiger partial charge in [-0.15, -0.1) is 0 Å². The number of hydrogen-bond donors (Lipinski definition) is 4. The average Bonchev–Trinajstić information content (AvgIpc) is 3.32. The Hall–Kier alpha value is -5.25. The van der Waals surface area contributed by atoms with Crippen molar-refractivity contribution >= 4 is 41.0 Å². The van der Waals surface area contributed by atoms with Gasteiger partial charge in [0.1, 0.15) is 6.42 Å². The normalized spacial score (nSPS) is 17.6. The number of anilines is 1. The van der Waals surface area contributed by atoms with E-state index in [2.05, 4.69) is 0 Å². The highest BCUT2D eigenvalue weighted by Gasteiger charge is 2.45. The number of allylic oxidation sites excluding steroid dienone is 8. The Bertz CT molecular complexity index is 1770. The standard InChI is InChI=1S/C36H38N2O8/c1-22(8-6-10-29-35(2,3)25-20-23(33(43)44)12-14-27(25)37(29)18-16-31(39)40)9-7-11-30-36(4,5)26-21-24(34(45)46)13-15-28(26)38(30)19-17-32(41)42/h6-15,20-21H,16-19H2,1-5H3,(H3-,39,40,41,42,43,44,45,46)/p+1. The van der Waals surface area contributed by atoms with Crippen LogP contribution in [0.4, 0.5) is 11.4 Å². The predicted octanol–water partition coefficient (Wildman–Crippen LogP) is 6.15. The van der Waals surface area contributed by atoms with E-state index in [-0.39, 0.29) is 37.1 Å². The van der Waals surface area contributed by atoms with Crippen molar-refractivity contribution in [3.8, 4) is 0 Å². The summed E-state index contributed by atoms with van der Waals surface area (Å²) < 4.78 is 1.93. The monoisotopic (exact) mass is 627 g/mol. The molecule has 0 saturated carbocycles. The molecular weight excluding hydrogens is 588 g/mol. The van der Waals surface area contributed by atoms with E-state index in [0.717, 1.165) is 39.5 Å². The number of fused-ring (bicyclic) bond motifs is 2. The minimum atomic E-state index is -1.03. The van der Waals surface area contributed by atoms with E-state index in [0.29, 0.717) is 0 Å². The molecule has 0 fully saturated rings. The predicted molar refractivity (Wildman–Crippen MR) is 175 cm³/mol. The maximum absolute atomic E-state index is 11.6. The van der Waals surface area contributed by atoms with Gasteiger partial charge >= 0.3 is 23.9 Å². The second-order valence-corrected chi connectivity index (χ2v) is 12.5. The lowest BCUT2D eigenvalue weighted by atomic mass is 9.81. The van der Waals surface area contributed by atoms with E-state index >= 15 is 0 Å². The molecule has 4 rings (SSSR count). The number of rotatable bonds is 12. The van der Waals surface area contributed by atoms with Crippen molar-refractivity contribution in [3.05, 3.63) is 106 Å². The first kappa shape index (κ1) is 33.6. The fourth-order valence-corrected chi connectivity index (χ4v) is 6.15. The maximum Gasteiger partial charge on any atom is 0.335 e. The Kier molecular flexibility index (Phi) is 9.51. The summed E-state index contributed by atoms with van der Waals surface area (Å²) in [7, 11) is 0. The summed E-state index contributed by atoms with van der Waals surface area (Å²) in [6.45, 7) is 10.3. The fraction of sp³-hybridized carbons (Fsp3) is 0.306. The van der Waals surface area contributed by atoms with Crippen molar-refractivity contribution in [2.75, 3.05) is 18.0 Å². The second-order valence-electron chi connectivity index (χ2n) is 12.5. The first-order valence-corrected chi connectivity index (χ1v) is 14.9. The molecule has 4 N–H and O–H groups in total. The van der Waals surface area contributed by atoms with E-state index in [1.807, 2.05) is 80.6 Å². The van der Waals surface area contributed by atoms with Crippen LogP contribution >= 0.6 is 0 Å². The molecule has 2 aliphatic heterocycles. The van der Waals surface area contributed by atoms with Crippen LogP contribution in [-0.2, 0) is 20.4 Å². The average molecular weight is 628 g/mol. The number of aliphatic carboxylic acids is 2. The van der Waals surface area contributed by atoms with Crippen molar-refractivity contribution in [1.29, 1.82) is 0 Å². The van der Waals surface area contributed by atoms with E-state index in [4.69, 9.17) is 0 Å². The maximum atomic E-state index is 11.6. The minimum Gasteiger partial charge on any atom is -0.481 e. The summed E-state index contributed by atoms with van der Waals surface area (Å²) in [5.41, 5.74) is 5.00. The van der Waals surface area contributed by atoms with Crippen LogP contribution < -0.4 is 4.90 Å². The van der Waals surface area contributed by atoms with Crippen molar-refractivity contribution < 1.29 is 44.2 Å². The Morgan fingerprint density at radius 3 is 2.02 bits per heavy atom. The van der Waals surface area contributed by atoms with Gasteiger partial charge in [0.25, 0.3) is 0 Å². The molecule has 0 spiro atoms. The third-order valence-corrected chi connectivity index (χ3v) is 8.60. The first-order valence-electron chi connectivity index (χ1n) is 14.9. The van der Waals surface area contributed by atoms with Gasteiger partial charge in [-0.1, -0.05) is 43.7 Å². The molecule has 0 aliphatic carbocycles. The van der Waals surface area contributed by atoms with Gasteiger partial charge in [-0.05, 0) is 62.7 Å². The lowest BCUT2D eigenvalue weighted by Gasteiger charge is -2.26. The van der Waals surface area contributed by atoms with Crippen LogP contribution in [0.5, 0.6) is 0 Å². The molecule has 0 radical (unpaired) electrons. The van der Waals surface area contributed by atoms with Crippen molar-refractivity contribution in [3.63, 3.8) is 0 Å². The molecule has 240 valence electrons. The van der Waals surface area contributed by atoms with Gasteiger partial charge in [-0.2, -0.15) is 4.58 Å². The third-order valence-electron chi connectivity index (χ3n) is 8.60. The van der Waals surface area contributed by atoms with Gasteiger partial charge in [-0.3, -0.25) is 9.59 Å². The lowest BCUT2D eigenvalue weighted by Crippen LogP contribution is -2.28. The molecule has 46 heavy (non-hydrogen) atoms. The van der Waals surface area contributed by atoms with Gasteiger partial charge < -0.3 is 25.3 Å². The molecular formula is C36H39N2O8+. The molecule has 2 aromatic rings. The molecule has 0 atom stereocenters. The highest BCUT2D eigenvalue weighted by Crippen LogP contribution is 2.48. The lowest BCUT2D eigenvalue weighted by molar-refractivity contribution is -0.436. The molecule has 0 amide bonds. The Morgan fingerprint density at radius 2 is 1.41 bits per heavy atom. The van der Waals surface area contributed by atoms with Crippen LogP contribution in [0.2, 0.25) is 0 Å². The molecule has 10 nitrogen and oxygen atoms in total. The molecule has 2 aliphatic rings. The minimum absolute atomic E-state index is 0.0822. The van der Waals surface area contributed by atoms with Crippen molar-refractivity contribution in [2.45, 2.75) is 58.3 Å². The van der Waals surface area contributed by atoms with E-state index in [1.54, 1.807) is 24.3 Å². The van der Waals surface area contributed by atoms with Crippen LogP contribution in [0.3, 0.4) is 0 Å². The summed E-state index contributed by atoms with van der Waals surface area (Å²) in [4.78, 5) is 48.0. The molecule has 2 aromatic carbocycles. The molecule has 10 heteroatoms. The largest absolute Gasteiger partial charge is 0.481 e. The second kappa shape index (κ2) is 13.0. The van der Waals surface area contributed by atoms with E-state index in [1.165, 1.54) is 12.1 Å². The van der Waals surface area contributed by atoms with Crippen LogP contribution in [0.15, 0.2) is 84.1 Å². The quantitative estimate of drug-likeness (QED) is 0.160. The molecule has 2 heterocycles. The smallest absolute Gasteiger partial charge is 0.335 e. The van der Waals surface area contributed by atoms with Gasteiger partial charge in [0.2, 0.25) is 5.69 Å². The number of carbonyl (C=O) groups is 4. The summed E-state index contributed by atoms with van der Waals surface area (Å²) in [5, 5.41) is 37.7. The van der Waals surface area contributed by atoms with Gasteiger partial charge in [0.15, 0.2) is 12.3 Å². The number of aromatic carboxylic acids is 2. The van der Waals surface area contributed by atoms with E-state index < -0.39 is 34.7 Å². The topological polar surface area (TPSA) is 155 Å². The van der Waals surface area contributed by atoms with Crippen molar-refractivity contribution in [2.24, 2.45) is 0 Å². The van der Waals surface area contributed by atoms with Crippen molar-refractivity contribution in [1.82, 2.24) is 0 Å². The van der Waals surface area contributed by atoms with Crippen LogP contribution in [0.1, 0.15) is 79.3 Å². The molecule has 0 unspecified atom stereocenters. The Balaban J connectivity index is 1.63. The number of hydrogen-bond acceptors (Lipinski definition) is 5. The van der Waals surface area contributed by atoms with Crippen LogP contribution in [0, 0.1) is 0 Å². The number of carboxylic acid groups (broad SMARTS) is 4. The van der Waals surface area contributed by atoms with E-state index in [9.17, 15) is 39.6 Å². The Morgan fingerprint density at radius 1 is 0.804 bits per heavy atom. The number of benzene rings is 2. The number of carboxylic acids is 4. The summed E-state index contributed by atoms with van der Waals surface area (Å²) >= 11 is 0. The highest BCUT2D eigenvalue weighted by molar-refractivity contribution is 6.04.